The molecule has 17 heavy (non-hydrogen) atoms. The summed E-state index contributed by atoms with van der Waals surface area (Å²) >= 11 is 5.92. The predicted octanol–water partition coefficient (Wildman–Crippen LogP) is 2.63. The van der Waals surface area contributed by atoms with Gasteiger partial charge in [-0.05, 0) is 18.9 Å². The van der Waals surface area contributed by atoms with Crippen molar-refractivity contribution in [2.75, 3.05) is 5.73 Å². The van der Waals surface area contributed by atoms with Crippen molar-refractivity contribution >= 4 is 23.3 Å². The number of rotatable bonds is 5. The van der Waals surface area contributed by atoms with Crippen LogP contribution in [-0.4, -0.2) is 16.9 Å². The minimum atomic E-state index is -0.190. The molecule has 3 N–H and O–H groups in total. The van der Waals surface area contributed by atoms with Crippen LogP contribution in [0.3, 0.4) is 0 Å². The van der Waals surface area contributed by atoms with Crippen LogP contribution in [-0.2, 0) is 0 Å². The molecule has 1 heterocycles. The van der Waals surface area contributed by atoms with Gasteiger partial charge in [0.05, 0.1) is 10.6 Å². The van der Waals surface area contributed by atoms with Gasteiger partial charge in [-0.1, -0.05) is 31.9 Å². The Balaban J connectivity index is 2.78. The Morgan fingerprint density at radius 2 is 2.29 bits per heavy atom. The van der Waals surface area contributed by atoms with Gasteiger partial charge >= 0.3 is 0 Å². The molecule has 0 saturated heterocycles. The van der Waals surface area contributed by atoms with Crippen molar-refractivity contribution in [3.8, 4) is 0 Å². The zero-order valence-corrected chi connectivity index (χ0v) is 10.9. The molecule has 0 saturated carbocycles. The zero-order valence-electron chi connectivity index (χ0n) is 10.2. The highest BCUT2D eigenvalue weighted by molar-refractivity contribution is 6.33. The van der Waals surface area contributed by atoms with Crippen LogP contribution in [0.25, 0.3) is 0 Å². The van der Waals surface area contributed by atoms with Crippen LogP contribution in [0.2, 0.25) is 5.02 Å². The number of halogens is 1. The molecule has 1 rings (SSSR count). The highest BCUT2D eigenvalue weighted by atomic mass is 35.5. The number of nitrogen functional groups attached to an aromatic ring is 1. The number of hydrogen-bond acceptors (Lipinski definition) is 3. The minimum Gasteiger partial charge on any atom is -0.384 e. The van der Waals surface area contributed by atoms with E-state index in [2.05, 4.69) is 17.2 Å². The van der Waals surface area contributed by atoms with Crippen molar-refractivity contribution in [3.63, 3.8) is 0 Å². The van der Waals surface area contributed by atoms with E-state index >= 15 is 0 Å². The number of aromatic nitrogens is 1. The van der Waals surface area contributed by atoms with E-state index in [1.165, 1.54) is 12.3 Å². The molecular formula is C12H18ClN3O. The quantitative estimate of drug-likeness (QED) is 0.850. The number of hydrogen-bond donors (Lipinski definition) is 2. The number of pyridine rings is 1. The number of anilines is 1. The van der Waals surface area contributed by atoms with Crippen molar-refractivity contribution in [2.45, 2.75) is 39.2 Å². The predicted molar refractivity (Wildman–Crippen MR) is 70.1 cm³/mol. The smallest absolute Gasteiger partial charge is 0.253 e. The lowest BCUT2D eigenvalue weighted by atomic mass is 10.1. The standard InChI is InChI=1S/C12H18ClN3O/c1-3-5-8(4-2)16-12(17)9-6-11(14)15-7-10(9)13/h6-8H,3-5H2,1-2H3,(H2,14,15)(H,16,17). The molecule has 94 valence electrons. The number of carbonyl (C=O) groups is 1. The van der Waals surface area contributed by atoms with Crippen molar-refractivity contribution in [1.82, 2.24) is 10.3 Å². The van der Waals surface area contributed by atoms with Crippen LogP contribution >= 0.6 is 11.6 Å². The Bertz CT molecular complexity index is 395. The maximum atomic E-state index is 12.0. The van der Waals surface area contributed by atoms with E-state index in [4.69, 9.17) is 17.3 Å². The van der Waals surface area contributed by atoms with Gasteiger partial charge < -0.3 is 11.1 Å². The van der Waals surface area contributed by atoms with Gasteiger partial charge in [0.2, 0.25) is 0 Å². The van der Waals surface area contributed by atoms with Gasteiger partial charge in [0.1, 0.15) is 5.82 Å². The molecule has 1 atom stereocenters. The molecule has 0 aliphatic heterocycles. The molecule has 0 fully saturated rings. The first-order valence-electron chi connectivity index (χ1n) is 5.80. The summed E-state index contributed by atoms with van der Waals surface area (Å²) in [4.78, 5) is 15.8. The maximum Gasteiger partial charge on any atom is 0.253 e. The van der Waals surface area contributed by atoms with Gasteiger partial charge in [0.25, 0.3) is 5.91 Å². The Labute approximate surface area is 107 Å². The second kappa shape index (κ2) is 6.45. The number of nitrogens with two attached hydrogens (primary N) is 1. The monoisotopic (exact) mass is 255 g/mol. The average molecular weight is 256 g/mol. The Kier molecular flexibility index (Phi) is 5.22. The first kappa shape index (κ1) is 13.8. The lowest BCUT2D eigenvalue weighted by molar-refractivity contribution is 0.0934. The van der Waals surface area contributed by atoms with Crippen molar-refractivity contribution in [1.29, 1.82) is 0 Å². The van der Waals surface area contributed by atoms with Gasteiger partial charge in [0, 0.05) is 12.2 Å². The van der Waals surface area contributed by atoms with Crippen LogP contribution in [0.15, 0.2) is 12.3 Å². The van der Waals surface area contributed by atoms with Crippen LogP contribution in [0.4, 0.5) is 5.82 Å². The molecule has 1 aromatic rings. The van der Waals surface area contributed by atoms with E-state index < -0.39 is 0 Å². The summed E-state index contributed by atoms with van der Waals surface area (Å²) in [5.41, 5.74) is 5.92. The summed E-state index contributed by atoms with van der Waals surface area (Å²) in [5.74, 6) is 0.104. The molecule has 4 nitrogen and oxygen atoms in total. The van der Waals surface area contributed by atoms with Gasteiger partial charge in [-0.25, -0.2) is 4.98 Å². The summed E-state index contributed by atoms with van der Waals surface area (Å²) in [7, 11) is 0. The maximum absolute atomic E-state index is 12.0. The van der Waals surface area contributed by atoms with Gasteiger partial charge in [0.15, 0.2) is 0 Å². The van der Waals surface area contributed by atoms with E-state index in [0.717, 1.165) is 19.3 Å². The SMILES string of the molecule is CCCC(CC)NC(=O)c1cc(N)ncc1Cl. The largest absolute Gasteiger partial charge is 0.384 e. The highest BCUT2D eigenvalue weighted by Crippen LogP contribution is 2.17. The first-order chi connectivity index (χ1) is 8.08. The Hall–Kier alpha value is -1.29. The third kappa shape index (κ3) is 3.89. The second-order valence-corrected chi connectivity index (χ2v) is 4.36. The number of nitrogens with zero attached hydrogens (tertiary/aromatic N) is 1. The fourth-order valence-corrected chi connectivity index (χ4v) is 1.81. The molecule has 0 radical (unpaired) electrons. The van der Waals surface area contributed by atoms with E-state index in [0.29, 0.717) is 16.4 Å². The molecule has 1 aromatic heterocycles. The summed E-state index contributed by atoms with van der Waals surface area (Å²) in [6, 6.07) is 1.68. The third-order valence-electron chi connectivity index (χ3n) is 2.59. The molecule has 1 unspecified atom stereocenters. The molecule has 1 amide bonds. The summed E-state index contributed by atoms with van der Waals surface area (Å²) in [5, 5.41) is 3.27. The zero-order chi connectivity index (χ0) is 12.8. The van der Waals surface area contributed by atoms with Crippen molar-refractivity contribution in [2.24, 2.45) is 0 Å². The molecule has 0 aliphatic rings. The van der Waals surface area contributed by atoms with Crippen molar-refractivity contribution < 1.29 is 4.79 Å². The van der Waals surface area contributed by atoms with Crippen LogP contribution in [0.1, 0.15) is 43.5 Å². The van der Waals surface area contributed by atoms with E-state index in [1.807, 2.05) is 6.92 Å². The number of carbonyl (C=O) groups excluding carboxylic acids is 1. The van der Waals surface area contributed by atoms with Crippen LogP contribution < -0.4 is 11.1 Å². The number of nitrogens with one attached hydrogen (secondary N) is 1. The third-order valence-corrected chi connectivity index (χ3v) is 2.89. The number of amides is 1. The highest BCUT2D eigenvalue weighted by Gasteiger charge is 2.14. The van der Waals surface area contributed by atoms with Crippen molar-refractivity contribution in [3.05, 3.63) is 22.8 Å². The van der Waals surface area contributed by atoms with E-state index in [9.17, 15) is 4.79 Å². The normalized spacial score (nSPS) is 12.2. The Morgan fingerprint density at radius 3 is 2.88 bits per heavy atom. The molecular weight excluding hydrogens is 238 g/mol. The fourth-order valence-electron chi connectivity index (χ4n) is 1.62. The topological polar surface area (TPSA) is 68.0 Å². The fraction of sp³-hybridized carbons (Fsp3) is 0.500. The van der Waals surface area contributed by atoms with E-state index in [1.54, 1.807) is 0 Å². The summed E-state index contributed by atoms with van der Waals surface area (Å²) < 4.78 is 0. The van der Waals surface area contributed by atoms with Crippen LogP contribution in [0, 0.1) is 0 Å². The molecule has 5 heteroatoms. The average Bonchev–Trinajstić information content (AvgIpc) is 2.31. The van der Waals surface area contributed by atoms with Gasteiger partial charge in [-0.2, -0.15) is 0 Å². The summed E-state index contributed by atoms with van der Waals surface area (Å²) in [6.07, 6.45) is 4.29. The molecule has 0 bridgehead atoms. The Morgan fingerprint density at radius 1 is 1.59 bits per heavy atom. The summed E-state index contributed by atoms with van der Waals surface area (Å²) in [6.45, 7) is 4.13. The lowest BCUT2D eigenvalue weighted by Crippen LogP contribution is -2.34. The van der Waals surface area contributed by atoms with Crippen LogP contribution in [0.5, 0.6) is 0 Å². The lowest BCUT2D eigenvalue weighted by Gasteiger charge is -2.16. The van der Waals surface area contributed by atoms with E-state index in [-0.39, 0.29) is 11.9 Å². The second-order valence-electron chi connectivity index (χ2n) is 3.96. The minimum absolute atomic E-state index is 0.179. The molecule has 0 aliphatic carbocycles. The molecule has 0 spiro atoms. The van der Waals surface area contributed by atoms with Gasteiger partial charge in [-0.15, -0.1) is 0 Å². The molecule has 0 aromatic carbocycles. The van der Waals surface area contributed by atoms with Gasteiger partial charge in [-0.3, -0.25) is 4.79 Å². The first-order valence-corrected chi connectivity index (χ1v) is 6.18.